The molecule has 0 spiro atoms. The Bertz CT molecular complexity index is 1270. The van der Waals surface area contributed by atoms with Crippen LogP contribution in [-0.4, -0.2) is 50.4 Å². The second-order valence-electron chi connectivity index (χ2n) is 8.61. The third-order valence-corrected chi connectivity index (χ3v) is 6.35. The van der Waals surface area contributed by atoms with Crippen LogP contribution in [0.4, 0.5) is 5.82 Å². The van der Waals surface area contributed by atoms with Gasteiger partial charge in [0.25, 0.3) is 0 Å². The second kappa shape index (κ2) is 10.8. The van der Waals surface area contributed by atoms with Gasteiger partial charge in [0.1, 0.15) is 36.7 Å². The van der Waals surface area contributed by atoms with Crippen molar-refractivity contribution in [3.05, 3.63) is 66.5 Å². The summed E-state index contributed by atoms with van der Waals surface area (Å²) in [5, 5.41) is 27.9. The van der Waals surface area contributed by atoms with Crippen molar-refractivity contribution in [2.75, 3.05) is 11.9 Å². The zero-order valence-electron chi connectivity index (χ0n) is 20.1. The number of aromatic nitrogens is 3. The first-order chi connectivity index (χ1) is 17.4. The van der Waals surface area contributed by atoms with Gasteiger partial charge in [0.15, 0.2) is 5.82 Å². The van der Waals surface area contributed by atoms with Gasteiger partial charge in [-0.1, -0.05) is 44.2 Å². The fourth-order valence-corrected chi connectivity index (χ4v) is 4.32. The highest BCUT2D eigenvalue weighted by atomic mass is 16.6. The largest absolute Gasteiger partial charge is 0.463 e. The van der Waals surface area contributed by atoms with E-state index in [0.717, 1.165) is 5.56 Å². The lowest BCUT2D eigenvalue weighted by Crippen LogP contribution is -2.37. The molecule has 187 valence electrons. The highest BCUT2D eigenvalue weighted by Crippen LogP contribution is 2.40. The van der Waals surface area contributed by atoms with E-state index in [1.54, 1.807) is 12.1 Å². The minimum atomic E-state index is -1.78. The van der Waals surface area contributed by atoms with Crippen molar-refractivity contribution >= 4 is 23.2 Å². The van der Waals surface area contributed by atoms with Crippen LogP contribution in [0.25, 0.3) is 5.52 Å². The smallest absolute Gasteiger partial charge is 0.310 e. The molecular formula is C26H28N5O5. The van der Waals surface area contributed by atoms with E-state index < -0.39 is 23.8 Å². The number of aliphatic hydroxyl groups excluding tert-OH is 1. The molecule has 2 N–H and O–H groups in total. The number of carbonyl (C=O) groups excluding carboxylic acids is 2. The van der Waals surface area contributed by atoms with Crippen LogP contribution in [-0.2, 0) is 31.1 Å². The third kappa shape index (κ3) is 4.94. The number of nitrogens with one attached hydrogen (secondary N) is 1. The zero-order valence-corrected chi connectivity index (χ0v) is 20.1. The average molecular weight is 491 g/mol. The summed E-state index contributed by atoms with van der Waals surface area (Å²) in [6.07, 6.45) is 2.07. The van der Waals surface area contributed by atoms with Crippen LogP contribution in [0.3, 0.4) is 0 Å². The number of hydrogen-bond donors (Lipinski definition) is 2. The number of carbonyl (C=O) groups is 2. The predicted octanol–water partition coefficient (Wildman–Crippen LogP) is 2.57. The first-order valence-electron chi connectivity index (χ1n) is 11.9. The average Bonchev–Trinajstić information content (AvgIpc) is 3.46. The van der Waals surface area contributed by atoms with Gasteiger partial charge in [-0.2, -0.15) is 10.4 Å². The number of fused-ring (bicyclic) bond motifs is 1. The Kier molecular flexibility index (Phi) is 7.62. The highest BCUT2D eigenvalue weighted by molar-refractivity contribution is 5.95. The lowest BCUT2D eigenvalue weighted by molar-refractivity contribution is -0.148. The van der Waals surface area contributed by atoms with Crippen LogP contribution < -0.4 is 5.32 Å². The molecule has 10 heteroatoms. The molecule has 0 saturated carbocycles. The fourth-order valence-electron chi connectivity index (χ4n) is 4.32. The maximum atomic E-state index is 12.6. The van der Waals surface area contributed by atoms with Gasteiger partial charge in [0.2, 0.25) is 11.5 Å². The van der Waals surface area contributed by atoms with Crippen LogP contribution >= 0.6 is 0 Å². The fraction of sp³-hybridized carbons (Fsp3) is 0.385. The van der Waals surface area contributed by atoms with Gasteiger partial charge >= 0.3 is 5.97 Å². The summed E-state index contributed by atoms with van der Waals surface area (Å²) in [5.74, 6) is -0.453. The van der Waals surface area contributed by atoms with Crippen LogP contribution in [0.15, 0.2) is 48.8 Å². The molecule has 3 atom stereocenters. The second-order valence-corrected chi connectivity index (χ2v) is 8.61. The van der Waals surface area contributed by atoms with E-state index in [9.17, 15) is 20.0 Å². The molecule has 1 aliphatic heterocycles. The Hall–Kier alpha value is -3.81. The number of aliphatic hydroxyl groups is 1. The molecule has 36 heavy (non-hydrogen) atoms. The molecular weight excluding hydrogens is 462 g/mol. The van der Waals surface area contributed by atoms with E-state index >= 15 is 0 Å². The Morgan fingerprint density at radius 1 is 1.25 bits per heavy atom. The van der Waals surface area contributed by atoms with Gasteiger partial charge in [0, 0.05) is 12.3 Å². The summed E-state index contributed by atoms with van der Waals surface area (Å²) in [4.78, 5) is 29.0. The van der Waals surface area contributed by atoms with E-state index in [-0.39, 0.29) is 30.5 Å². The normalized spacial score (nSPS) is 21.4. The predicted molar refractivity (Wildman–Crippen MR) is 129 cm³/mol. The van der Waals surface area contributed by atoms with E-state index in [2.05, 4.69) is 21.5 Å². The van der Waals surface area contributed by atoms with Crippen LogP contribution in [0.5, 0.6) is 0 Å². The van der Waals surface area contributed by atoms with Gasteiger partial charge < -0.3 is 19.9 Å². The number of ether oxygens (including phenoxy) is 2. The molecule has 0 bridgehead atoms. The quantitative estimate of drug-likeness (QED) is 0.437. The summed E-state index contributed by atoms with van der Waals surface area (Å²) >= 11 is 0. The molecule has 1 radical (unpaired) electrons. The van der Waals surface area contributed by atoms with Gasteiger partial charge in [-0.3, -0.25) is 9.59 Å². The van der Waals surface area contributed by atoms with Crippen molar-refractivity contribution in [1.29, 1.82) is 5.26 Å². The Labute approximate surface area is 208 Å². The van der Waals surface area contributed by atoms with Crippen LogP contribution in [0, 0.1) is 23.7 Å². The Morgan fingerprint density at radius 3 is 2.69 bits per heavy atom. The number of nitriles is 1. The standard InChI is InChI=1S/C26H28N5O5/c1-3-18(4-2)25(34)30-24-20-10-11-21(31(20)29-16-28-24)26(15-27)22(32)13-19(36-26)14-35-23(33)12-17-8-6-5-7-9-17/h5-11,13,16,18-19,22,32H,3-4,12,14H2,1-2H3,(H,28,29,30,34)/t19-,22-,26+/m1/s1. The summed E-state index contributed by atoms with van der Waals surface area (Å²) < 4.78 is 12.7. The van der Waals surface area contributed by atoms with Crippen molar-refractivity contribution < 1.29 is 24.2 Å². The van der Waals surface area contributed by atoms with Crippen molar-refractivity contribution in [2.45, 2.75) is 50.9 Å². The third-order valence-electron chi connectivity index (χ3n) is 6.35. The molecule has 3 heterocycles. The SMILES string of the molecule is CCC(CC)C(=O)Nc1ncnn2c([C@]3(C#N)O[C@@H](COC(=O)Cc4ccccc4)[CH][C@H]3O)ccc12. The van der Waals surface area contributed by atoms with Crippen molar-refractivity contribution in [2.24, 2.45) is 5.92 Å². The van der Waals surface area contributed by atoms with Gasteiger partial charge in [-0.05, 0) is 30.5 Å². The summed E-state index contributed by atoms with van der Waals surface area (Å²) in [6.45, 7) is 3.74. The molecule has 1 aliphatic rings. The molecule has 0 unspecified atom stereocenters. The number of benzene rings is 1. The van der Waals surface area contributed by atoms with Crippen LogP contribution in [0.2, 0.25) is 0 Å². The molecule has 10 nitrogen and oxygen atoms in total. The highest BCUT2D eigenvalue weighted by Gasteiger charge is 2.52. The van der Waals surface area contributed by atoms with Crippen molar-refractivity contribution in [1.82, 2.24) is 14.6 Å². The summed E-state index contributed by atoms with van der Waals surface area (Å²) in [6, 6.07) is 14.5. The van der Waals surface area contributed by atoms with Gasteiger partial charge in [-0.15, -0.1) is 0 Å². The van der Waals surface area contributed by atoms with E-state index in [0.29, 0.717) is 24.2 Å². The number of amides is 1. The number of nitrogens with zero attached hydrogens (tertiary/aromatic N) is 4. The van der Waals surface area contributed by atoms with Gasteiger partial charge in [0.05, 0.1) is 12.1 Å². The molecule has 2 aromatic heterocycles. The molecule has 1 amide bonds. The van der Waals surface area contributed by atoms with Crippen molar-refractivity contribution in [3.63, 3.8) is 0 Å². The molecule has 0 aliphatic carbocycles. The van der Waals surface area contributed by atoms with E-state index in [4.69, 9.17) is 9.47 Å². The van der Waals surface area contributed by atoms with Gasteiger partial charge in [-0.25, -0.2) is 9.50 Å². The number of esters is 1. The number of anilines is 1. The first kappa shape index (κ1) is 25.3. The minimum absolute atomic E-state index is 0.102. The molecule has 4 rings (SSSR count). The molecule has 1 fully saturated rings. The first-order valence-corrected chi connectivity index (χ1v) is 11.9. The topological polar surface area (TPSA) is 139 Å². The lowest BCUT2D eigenvalue weighted by Gasteiger charge is -2.24. The zero-order chi connectivity index (χ0) is 25.7. The maximum absolute atomic E-state index is 12.6. The summed E-state index contributed by atoms with van der Waals surface area (Å²) in [7, 11) is 0. The summed E-state index contributed by atoms with van der Waals surface area (Å²) in [5.41, 5.74) is -0.248. The Morgan fingerprint density at radius 2 is 2.00 bits per heavy atom. The monoisotopic (exact) mass is 490 g/mol. The number of hydrogen-bond acceptors (Lipinski definition) is 8. The van der Waals surface area contributed by atoms with Crippen molar-refractivity contribution in [3.8, 4) is 6.07 Å². The molecule has 1 saturated heterocycles. The lowest BCUT2D eigenvalue weighted by atomic mass is 9.94. The minimum Gasteiger partial charge on any atom is -0.463 e. The Balaban J connectivity index is 1.51. The number of rotatable bonds is 9. The van der Waals surface area contributed by atoms with Crippen LogP contribution in [0.1, 0.15) is 37.9 Å². The maximum Gasteiger partial charge on any atom is 0.310 e. The molecule has 1 aromatic carbocycles. The van der Waals surface area contributed by atoms with E-state index in [1.807, 2.05) is 44.2 Å². The van der Waals surface area contributed by atoms with E-state index in [1.165, 1.54) is 17.3 Å². The molecule has 3 aromatic rings.